The van der Waals surface area contributed by atoms with E-state index in [-0.39, 0.29) is 17.9 Å². The molecule has 5 nitrogen and oxygen atoms in total. The van der Waals surface area contributed by atoms with Crippen molar-refractivity contribution >= 4 is 11.8 Å². The Bertz CT molecular complexity index is 607. The molecule has 1 aromatic rings. The van der Waals surface area contributed by atoms with Crippen molar-refractivity contribution in [2.75, 3.05) is 19.7 Å². The first-order chi connectivity index (χ1) is 13.5. The molecule has 1 N–H and O–H groups in total. The number of nitrogens with one attached hydrogen (secondary N) is 1. The Hall–Kier alpha value is -2.04. The summed E-state index contributed by atoms with van der Waals surface area (Å²) in [6, 6.07) is 8.23. The molecular formula is C23H36N2O3. The summed E-state index contributed by atoms with van der Waals surface area (Å²) >= 11 is 0. The molecule has 28 heavy (non-hydrogen) atoms. The van der Waals surface area contributed by atoms with Gasteiger partial charge in [-0.25, -0.2) is 0 Å². The lowest BCUT2D eigenvalue weighted by Gasteiger charge is -2.32. The summed E-state index contributed by atoms with van der Waals surface area (Å²) < 4.78 is 5.45. The molecule has 2 amide bonds. The number of aryl methyl sites for hydroxylation is 1. The molecule has 0 radical (unpaired) electrons. The van der Waals surface area contributed by atoms with Gasteiger partial charge < -0.3 is 15.0 Å². The summed E-state index contributed by atoms with van der Waals surface area (Å²) in [5.41, 5.74) is 1.16. The summed E-state index contributed by atoms with van der Waals surface area (Å²) in [6.07, 6.45) is 5.82. The monoisotopic (exact) mass is 388 g/mol. The number of benzene rings is 1. The van der Waals surface area contributed by atoms with Gasteiger partial charge in [0.2, 0.25) is 11.8 Å². The van der Waals surface area contributed by atoms with Crippen LogP contribution in [0.5, 0.6) is 5.75 Å². The van der Waals surface area contributed by atoms with Crippen LogP contribution in [0.1, 0.15) is 64.9 Å². The van der Waals surface area contributed by atoms with E-state index in [1.165, 1.54) is 0 Å². The Morgan fingerprint density at radius 3 is 2.46 bits per heavy atom. The minimum absolute atomic E-state index is 0.154. The van der Waals surface area contributed by atoms with Gasteiger partial charge in [0.1, 0.15) is 5.75 Å². The standard InChI is InChI=1S/C23H36N2O3/c1-4-6-18(3)24-22(26)17-20-13-15-25(16-14-20)23(27)12-9-19-7-10-21(11-8-19)28-5-2/h7-8,10-11,18,20H,4-6,9,12-17H2,1-3H3,(H,24,26)/t18-/m1/s1. The molecule has 0 aromatic heterocycles. The third-order valence-corrected chi connectivity index (χ3v) is 5.43. The molecule has 1 atom stereocenters. The average molecular weight is 389 g/mol. The first kappa shape index (κ1) is 22.3. The highest BCUT2D eigenvalue weighted by atomic mass is 16.5. The van der Waals surface area contributed by atoms with Crippen LogP contribution in [0.2, 0.25) is 0 Å². The zero-order valence-corrected chi connectivity index (χ0v) is 17.7. The lowest BCUT2D eigenvalue weighted by atomic mass is 9.92. The van der Waals surface area contributed by atoms with Crippen molar-refractivity contribution < 1.29 is 14.3 Å². The molecule has 1 heterocycles. The molecule has 1 aliphatic rings. The van der Waals surface area contributed by atoms with Crippen molar-refractivity contribution in [1.29, 1.82) is 0 Å². The van der Waals surface area contributed by atoms with Crippen LogP contribution in [0, 0.1) is 5.92 Å². The maximum atomic E-state index is 12.5. The van der Waals surface area contributed by atoms with Gasteiger partial charge in [0.15, 0.2) is 0 Å². The second-order valence-corrected chi connectivity index (χ2v) is 7.86. The fourth-order valence-corrected chi connectivity index (χ4v) is 3.82. The highest BCUT2D eigenvalue weighted by Gasteiger charge is 2.24. The normalized spacial score (nSPS) is 15.9. The van der Waals surface area contributed by atoms with Crippen LogP contribution in [0.25, 0.3) is 0 Å². The van der Waals surface area contributed by atoms with E-state index in [0.29, 0.717) is 25.4 Å². The minimum atomic E-state index is 0.154. The van der Waals surface area contributed by atoms with E-state index in [0.717, 1.165) is 56.5 Å². The molecule has 1 aliphatic heterocycles. The summed E-state index contributed by atoms with van der Waals surface area (Å²) in [5, 5.41) is 3.08. The number of carbonyl (C=O) groups is 2. The quantitative estimate of drug-likeness (QED) is 0.660. The first-order valence-electron chi connectivity index (χ1n) is 10.8. The predicted octanol–water partition coefficient (Wildman–Crippen LogP) is 3.95. The van der Waals surface area contributed by atoms with Gasteiger partial charge in [-0.2, -0.15) is 0 Å². The van der Waals surface area contributed by atoms with Crippen molar-refractivity contribution in [1.82, 2.24) is 10.2 Å². The van der Waals surface area contributed by atoms with E-state index >= 15 is 0 Å². The first-order valence-corrected chi connectivity index (χ1v) is 10.8. The molecule has 0 unspecified atom stereocenters. The largest absolute Gasteiger partial charge is 0.494 e. The number of hydrogen-bond donors (Lipinski definition) is 1. The van der Waals surface area contributed by atoms with Crippen LogP contribution in [0.4, 0.5) is 0 Å². The Morgan fingerprint density at radius 1 is 1.18 bits per heavy atom. The predicted molar refractivity (Wildman–Crippen MR) is 112 cm³/mol. The van der Waals surface area contributed by atoms with Crippen LogP contribution in [0.15, 0.2) is 24.3 Å². The molecule has 0 aliphatic carbocycles. The number of hydrogen-bond acceptors (Lipinski definition) is 3. The van der Waals surface area contributed by atoms with Gasteiger partial charge in [-0.1, -0.05) is 25.5 Å². The fraction of sp³-hybridized carbons (Fsp3) is 0.652. The number of nitrogens with zero attached hydrogens (tertiary/aromatic N) is 1. The smallest absolute Gasteiger partial charge is 0.222 e. The van der Waals surface area contributed by atoms with Gasteiger partial charge in [-0.3, -0.25) is 9.59 Å². The Kier molecular flexibility index (Phi) is 9.32. The molecule has 1 saturated heterocycles. The third-order valence-electron chi connectivity index (χ3n) is 5.43. The molecule has 1 fully saturated rings. The van der Waals surface area contributed by atoms with E-state index < -0.39 is 0 Å². The lowest BCUT2D eigenvalue weighted by Crippen LogP contribution is -2.40. The fourth-order valence-electron chi connectivity index (χ4n) is 3.82. The molecule has 0 bridgehead atoms. The van der Waals surface area contributed by atoms with Gasteiger partial charge in [0.05, 0.1) is 6.61 Å². The van der Waals surface area contributed by atoms with E-state index in [2.05, 4.69) is 19.2 Å². The number of carbonyl (C=O) groups excluding carboxylic acids is 2. The van der Waals surface area contributed by atoms with Crippen LogP contribution in [0.3, 0.4) is 0 Å². The number of amides is 2. The number of piperidine rings is 1. The van der Waals surface area contributed by atoms with Gasteiger partial charge in [-0.15, -0.1) is 0 Å². The van der Waals surface area contributed by atoms with Gasteiger partial charge in [0, 0.05) is 32.0 Å². The summed E-state index contributed by atoms with van der Waals surface area (Å²) in [4.78, 5) is 26.6. The number of ether oxygens (including phenoxy) is 1. The summed E-state index contributed by atoms with van der Waals surface area (Å²) in [7, 11) is 0. The third kappa shape index (κ3) is 7.53. The van der Waals surface area contributed by atoms with Gasteiger partial charge in [0.25, 0.3) is 0 Å². The molecule has 2 rings (SSSR count). The Morgan fingerprint density at radius 2 is 1.86 bits per heavy atom. The average Bonchev–Trinajstić information content (AvgIpc) is 2.68. The number of likely N-dealkylation sites (tertiary alicyclic amines) is 1. The van der Waals surface area contributed by atoms with Crippen molar-refractivity contribution in [3.05, 3.63) is 29.8 Å². The lowest BCUT2D eigenvalue weighted by molar-refractivity contribution is -0.132. The minimum Gasteiger partial charge on any atom is -0.494 e. The highest BCUT2D eigenvalue weighted by Crippen LogP contribution is 2.22. The highest BCUT2D eigenvalue weighted by molar-refractivity contribution is 5.77. The molecule has 5 heteroatoms. The van der Waals surface area contributed by atoms with Crippen molar-refractivity contribution in [3.8, 4) is 5.75 Å². The summed E-state index contributed by atoms with van der Waals surface area (Å²) in [6.45, 7) is 8.36. The molecule has 0 spiro atoms. The van der Waals surface area contributed by atoms with Gasteiger partial charge >= 0.3 is 0 Å². The van der Waals surface area contributed by atoms with E-state index in [9.17, 15) is 9.59 Å². The Labute approximate surface area is 169 Å². The van der Waals surface area contributed by atoms with Gasteiger partial charge in [-0.05, 0) is 63.1 Å². The summed E-state index contributed by atoms with van der Waals surface area (Å²) in [5.74, 6) is 1.63. The van der Waals surface area contributed by atoms with Crippen LogP contribution in [-0.2, 0) is 16.0 Å². The zero-order valence-electron chi connectivity index (χ0n) is 17.7. The van der Waals surface area contributed by atoms with Crippen LogP contribution in [-0.4, -0.2) is 42.5 Å². The van der Waals surface area contributed by atoms with Crippen molar-refractivity contribution in [3.63, 3.8) is 0 Å². The number of rotatable bonds is 10. The Balaban J connectivity index is 1.68. The topological polar surface area (TPSA) is 58.6 Å². The van der Waals surface area contributed by atoms with E-state index in [4.69, 9.17) is 4.74 Å². The van der Waals surface area contributed by atoms with E-state index in [1.54, 1.807) is 0 Å². The second-order valence-electron chi connectivity index (χ2n) is 7.86. The van der Waals surface area contributed by atoms with Crippen molar-refractivity contribution in [2.24, 2.45) is 5.92 Å². The zero-order chi connectivity index (χ0) is 20.4. The molecule has 1 aromatic carbocycles. The molecule has 156 valence electrons. The van der Waals surface area contributed by atoms with Crippen molar-refractivity contribution in [2.45, 2.75) is 71.8 Å². The van der Waals surface area contributed by atoms with E-state index in [1.807, 2.05) is 36.1 Å². The second kappa shape index (κ2) is 11.7. The molecular weight excluding hydrogens is 352 g/mol. The maximum absolute atomic E-state index is 12.5. The maximum Gasteiger partial charge on any atom is 0.222 e. The van der Waals surface area contributed by atoms with Crippen LogP contribution < -0.4 is 10.1 Å². The SMILES string of the molecule is CCC[C@@H](C)NC(=O)CC1CCN(C(=O)CCc2ccc(OCC)cc2)CC1. The molecule has 0 saturated carbocycles. The van der Waals surface area contributed by atoms with Crippen LogP contribution >= 0.6 is 0 Å².